The second-order valence-electron chi connectivity index (χ2n) is 5.38. The molecular formula is C17H27NO2. The maximum Gasteiger partial charge on any atom is 0.166 e. The molecule has 20 heavy (non-hydrogen) atoms. The molecule has 1 aliphatic rings. The molecule has 1 fully saturated rings. The zero-order chi connectivity index (χ0) is 14.2. The number of hydrogen-bond donors (Lipinski definition) is 1. The van der Waals surface area contributed by atoms with Crippen molar-refractivity contribution in [3.63, 3.8) is 0 Å². The van der Waals surface area contributed by atoms with Crippen LogP contribution in [0.2, 0.25) is 0 Å². The first-order valence-electron chi connectivity index (χ1n) is 7.97. The van der Waals surface area contributed by atoms with Gasteiger partial charge in [-0.1, -0.05) is 19.1 Å². The highest BCUT2D eigenvalue weighted by molar-refractivity contribution is 5.46. The van der Waals surface area contributed by atoms with Crippen molar-refractivity contribution in [1.82, 2.24) is 5.32 Å². The molecule has 1 aromatic rings. The second kappa shape index (κ2) is 8.15. The summed E-state index contributed by atoms with van der Waals surface area (Å²) in [6.45, 7) is 6.74. The quantitative estimate of drug-likeness (QED) is 0.731. The van der Waals surface area contributed by atoms with Crippen LogP contribution in [0.4, 0.5) is 0 Å². The fraction of sp³-hybridized carbons (Fsp3) is 0.647. The van der Waals surface area contributed by atoms with Crippen LogP contribution >= 0.6 is 0 Å². The Morgan fingerprint density at radius 2 is 2.00 bits per heavy atom. The molecule has 0 spiro atoms. The molecule has 1 aliphatic carbocycles. The Morgan fingerprint density at radius 3 is 2.70 bits per heavy atom. The van der Waals surface area contributed by atoms with Gasteiger partial charge >= 0.3 is 0 Å². The molecule has 0 unspecified atom stereocenters. The van der Waals surface area contributed by atoms with Crippen molar-refractivity contribution in [2.75, 3.05) is 13.2 Å². The number of ether oxygens (including phenoxy) is 2. The molecule has 0 aromatic heterocycles. The zero-order valence-corrected chi connectivity index (χ0v) is 12.8. The van der Waals surface area contributed by atoms with Crippen molar-refractivity contribution < 1.29 is 9.47 Å². The van der Waals surface area contributed by atoms with Crippen LogP contribution in [0.5, 0.6) is 11.5 Å². The molecule has 112 valence electrons. The van der Waals surface area contributed by atoms with E-state index in [1.165, 1.54) is 31.2 Å². The number of nitrogens with one attached hydrogen (secondary N) is 1. The zero-order valence-electron chi connectivity index (χ0n) is 12.8. The standard InChI is InChI=1S/C17H27NO2/c1-3-12-18-13-14-8-7-11-16(19-4-2)17(14)20-15-9-5-6-10-15/h7-8,11,15,18H,3-6,9-10,12-13H2,1-2H3. The van der Waals surface area contributed by atoms with E-state index < -0.39 is 0 Å². The largest absolute Gasteiger partial charge is 0.490 e. The van der Waals surface area contributed by atoms with Gasteiger partial charge in [-0.25, -0.2) is 0 Å². The van der Waals surface area contributed by atoms with Crippen molar-refractivity contribution in [2.24, 2.45) is 0 Å². The first-order chi connectivity index (χ1) is 9.85. The van der Waals surface area contributed by atoms with Gasteiger partial charge < -0.3 is 14.8 Å². The lowest BCUT2D eigenvalue weighted by Crippen LogP contribution is -2.17. The van der Waals surface area contributed by atoms with Gasteiger partial charge in [-0.05, 0) is 51.6 Å². The van der Waals surface area contributed by atoms with Crippen molar-refractivity contribution >= 4 is 0 Å². The highest BCUT2D eigenvalue weighted by Crippen LogP contribution is 2.35. The summed E-state index contributed by atoms with van der Waals surface area (Å²) >= 11 is 0. The SMILES string of the molecule is CCCNCc1cccc(OCC)c1OC1CCCC1. The first kappa shape index (κ1) is 15.2. The van der Waals surface area contributed by atoms with Crippen LogP contribution in [0.25, 0.3) is 0 Å². The Kier molecular flexibility index (Phi) is 6.19. The minimum Gasteiger partial charge on any atom is -0.490 e. The molecule has 0 bridgehead atoms. The van der Waals surface area contributed by atoms with Gasteiger partial charge in [0.1, 0.15) is 0 Å². The summed E-state index contributed by atoms with van der Waals surface area (Å²) in [5, 5.41) is 3.45. The van der Waals surface area contributed by atoms with E-state index in [4.69, 9.17) is 9.47 Å². The lowest BCUT2D eigenvalue weighted by Gasteiger charge is -2.20. The summed E-state index contributed by atoms with van der Waals surface area (Å²) in [5.41, 5.74) is 1.20. The minimum absolute atomic E-state index is 0.363. The van der Waals surface area contributed by atoms with Gasteiger partial charge in [0, 0.05) is 12.1 Å². The molecule has 0 amide bonds. The highest BCUT2D eigenvalue weighted by Gasteiger charge is 2.20. The molecule has 0 aliphatic heterocycles. The number of para-hydroxylation sites is 1. The Morgan fingerprint density at radius 1 is 1.20 bits per heavy atom. The maximum atomic E-state index is 6.26. The van der Waals surface area contributed by atoms with Gasteiger partial charge in [-0.15, -0.1) is 0 Å². The fourth-order valence-corrected chi connectivity index (χ4v) is 2.68. The first-order valence-corrected chi connectivity index (χ1v) is 7.97. The fourth-order valence-electron chi connectivity index (χ4n) is 2.68. The van der Waals surface area contributed by atoms with Crippen molar-refractivity contribution in [3.8, 4) is 11.5 Å². The van der Waals surface area contributed by atoms with Crippen molar-refractivity contribution in [3.05, 3.63) is 23.8 Å². The minimum atomic E-state index is 0.363. The summed E-state index contributed by atoms with van der Waals surface area (Å²) in [7, 11) is 0. The van der Waals surface area contributed by atoms with E-state index >= 15 is 0 Å². The van der Waals surface area contributed by atoms with Crippen LogP contribution in [-0.4, -0.2) is 19.3 Å². The normalized spacial score (nSPS) is 15.5. The molecule has 3 heteroatoms. The lowest BCUT2D eigenvalue weighted by atomic mass is 10.1. The van der Waals surface area contributed by atoms with E-state index in [1.54, 1.807) is 0 Å². The van der Waals surface area contributed by atoms with E-state index in [0.717, 1.165) is 31.0 Å². The molecule has 0 saturated heterocycles. The van der Waals surface area contributed by atoms with Gasteiger partial charge in [-0.3, -0.25) is 0 Å². The molecule has 0 radical (unpaired) electrons. The molecule has 0 atom stereocenters. The third-order valence-corrected chi connectivity index (χ3v) is 3.69. The number of benzene rings is 1. The van der Waals surface area contributed by atoms with E-state index in [1.807, 2.05) is 13.0 Å². The molecule has 1 saturated carbocycles. The smallest absolute Gasteiger partial charge is 0.166 e. The van der Waals surface area contributed by atoms with Crippen LogP contribution in [0, 0.1) is 0 Å². The maximum absolute atomic E-state index is 6.26. The van der Waals surface area contributed by atoms with E-state index in [0.29, 0.717) is 12.7 Å². The highest BCUT2D eigenvalue weighted by atomic mass is 16.5. The predicted molar refractivity (Wildman–Crippen MR) is 82.5 cm³/mol. The summed E-state index contributed by atoms with van der Waals surface area (Å²) in [4.78, 5) is 0. The van der Waals surface area contributed by atoms with E-state index in [2.05, 4.69) is 24.4 Å². The van der Waals surface area contributed by atoms with Crippen LogP contribution < -0.4 is 14.8 Å². The molecule has 1 N–H and O–H groups in total. The lowest BCUT2D eigenvalue weighted by molar-refractivity contribution is 0.194. The average Bonchev–Trinajstić information content (AvgIpc) is 2.95. The molecule has 2 rings (SSSR count). The predicted octanol–water partition coefficient (Wildman–Crippen LogP) is 3.91. The van der Waals surface area contributed by atoms with Gasteiger partial charge in [-0.2, -0.15) is 0 Å². The van der Waals surface area contributed by atoms with Gasteiger partial charge in [0.15, 0.2) is 11.5 Å². The molecule has 3 nitrogen and oxygen atoms in total. The molecule has 1 aromatic carbocycles. The van der Waals surface area contributed by atoms with Crippen LogP contribution in [-0.2, 0) is 6.54 Å². The Hall–Kier alpha value is -1.22. The Bertz CT molecular complexity index is 400. The summed E-state index contributed by atoms with van der Waals surface area (Å²) < 4.78 is 12.0. The topological polar surface area (TPSA) is 30.5 Å². The summed E-state index contributed by atoms with van der Waals surface area (Å²) in [6.07, 6.45) is 6.41. The van der Waals surface area contributed by atoms with Crippen LogP contribution in [0.1, 0.15) is 51.5 Å². The summed E-state index contributed by atoms with van der Waals surface area (Å²) in [6, 6.07) is 6.20. The van der Waals surface area contributed by atoms with Gasteiger partial charge in [0.05, 0.1) is 12.7 Å². The Balaban J connectivity index is 2.12. The second-order valence-corrected chi connectivity index (χ2v) is 5.38. The average molecular weight is 277 g/mol. The van der Waals surface area contributed by atoms with Gasteiger partial charge in [0.2, 0.25) is 0 Å². The summed E-state index contributed by atoms with van der Waals surface area (Å²) in [5.74, 6) is 1.83. The Labute approximate surface area is 122 Å². The third-order valence-electron chi connectivity index (χ3n) is 3.69. The monoisotopic (exact) mass is 277 g/mol. The van der Waals surface area contributed by atoms with E-state index in [9.17, 15) is 0 Å². The van der Waals surface area contributed by atoms with Gasteiger partial charge in [0.25, 0.3) is 0 Å². The van der Waals surface area contributed by atoms with Crippen molar-refractivity contribution in [2.45, 2.75) is 58.6 Å². The molecular weight excluding hydrogens is 250 g/mol. The van der Waals surface area contributed by atoms with Crippen molar-refractivity contribution in [1.29, 1.82) is 0 Å². The van der Waals surface area contributed by atoms with Crippen LogP contribution in [0.15, 0.2) is 18.2 Å². The number of rotatable bonds is 8. The third kappa shape index (κ3) is 4.14. The van der Waals surface area contributed by atoms with Crippen LogP contribution in [0.3, 0.4) is 0 Å². The number of hydrogen-bond acceptors (Lipinski definition) is 3. The van der Waals surface area contributed by atoms with E-state index in [-0.39, 0.29) is 0 Å². The molecule has 0 heterocycles.